The molecule has 1 fully saturated rings. The maximum absolute atomic E-state index is 12.3. The van der Waals surface area contributed by atoms with Crippen molar-refractivity contribution in [3.05, 3.63) is 0 Å². The summed E-state index contributed by atoms with van der Waals surface area (Å²) in [6, 6.07) is 0. The molecule has 0 aromatic carbocycles. The Balaban J connectivity index is 0. The highest BCUT2D eigenvalue weighted by Crippen LogP contribution is 2.38. The second-order valence-corrected chi connectivity index (χ2v) is 8.58. The molecule has 6 nitrogen and oxygen atoms in total. The Hall–Kier alpha value is -0.560. The van der Waals surface area contributed by atoms with Crippen LogP contribution in [0.1, 0.15) is 78.6 Å². The first-order chi connectivity index (χ1) is 12.8. The van der Waals surface area contributed by atoms with Gasteiger partial charge in [-0.2, -0.15) is 0 Å². The van der Waals surface area contributed by atoms with Crippen molar-refractivity contribution in [3.8, 4) is 0 Å². The minimum atomic E-state index is -0.404. The first-order valence-electron chi connectivity index (χ1n) is 10.6. The van der Waals surface area contributed by atoms with Gasteiger partial charge in [-0.1, -0.05) is 40.0 Å². The molecule has 1 aliphatic rings. The predicted molar refractivity (Wildman–Crippen MR) is 121 cm³/mol. The lowest BCUT2D eigenvalue weighted by molar-refractivity contribution is -0.161. The highest BCUT2D eigenvalue weighted by Gasteiger charge is 2.33. The van der Waals surface area contributed by atoms with E-state index in [4.69, 9.17) is 20.9 Å². The van der Waals surface area contributed by atoms with Crippen molar-refractivity contribution in [2.45, 2.75) is 84.7 Å². The van der Waals surface area contributed by atoms with Crippen molar-refractivity contribution in [2.24, 2.45) is 28.7 Å². The number of rotatable bonds is 12. The van der Waals surface area contributed by atoms with E-state index in [1.165, 1.54) is 6.42 Å². The molecular formula is C21H42Cl2N2O4. The number of ether oxygens (including phenoxy) is 2. The standard InChI is InChI=1S/C21H40N2O4.2ClH/c1-4-18(27-19(24)11-17(13-22)10-16(2)3)14-26-20(25)12-21(15-23)8-6-5-7-9-21;;/h16-18H,4-15,22-23H2,1-3H3;2*1H/t17-,18?;;/m0../s1. The lowest BCUT2D eigenvalue weighted by Crippen LogP contribution is -2.36. The maximum atomic E-state index is 12.3. The summed E-state index contributed by atoms with van der Waals surface area (Å²) in [5, 5.41) is 0. The topological polar surface area (TPSA) is 105 Å². The number of carbonyl (C=O) groups is 2. The number of halogens is 2. The first kappa shape index (κ1) is 30.6. The van der Waals surface area contributed by atoms with Gasteiger partial charge < -0.3 is 20.9 Å². The summed E-state index contributed by atoms with van der Waals surface area (Å²) in [6.07, 6.45) is 7.22. The molecule has 2 atom stereocenters. The fraction of sp³-hybridized carbons (Fsp3) is 0.905. The molecule has 0 bridgehead atoms. The van der Waals surface area contributed by atoms with Crippen LogP contribution in [0.5, 0.6) is 0 Å². The minimum absolute atomic E-state index is 0. The van der Waals surface area contributed by atoms with E-state index in [1.54, 1.807) is 0 Å². The molecule has 174 valence electrons. The SMILES string of the molecule is CCC(COC(=O)CC1(CN)CCCCC1)OC(=O)C[C@@H](CN)CC(C)C.Cl.Cl. The Morgan fingerprint density at radius 1 is 1.03 bits per heavy atom. The smallest absolute Gasteiger partial charge is 0.306 e. The van der Waals surface area contributed by atoms with Gasteiger partial charge in [0, 0.05) is 6.42 Å². The van der Waals surface area contributed by atoms with Gasteiger partial charge in [-0.15, -0.1) is 24.8 Å². The molecule has 29 heavy (non-hydrogen) atoms. The van der Waals surface area contributed by atoms with Crippen LogP contribution in [0.3, 0.4) is 0 Å². The van der Waals surface area contributed by atoms with E-state index in [0.29, 0.717) is 38.3 Å². The summed E-state index contributed by atoms with van der Waals surface area (Å²) in [5.41, 5.74) is 11.6. The van der Waals surface area contributed by atoms with Crippen LogP contribution in [0.15, 0.2) is 0 Å². The summed E-state index contributed by atoms with van der Waals surface area (Å²) in [4.78, 5) is 24.5. The normalized spacial score (nSPS) is 17.4. The third kappa shape index (κ3) is 12.0. The van der Waals surface area contributed by atoms with Crippen LogP contribution in [-0.2, 0) is 19.1 Å². The molecule has 1 unspecified atom stereocenters. The number of esters is 2. The number of hydrogen-bond acceptors (Lipinski definition) is 6. The van der Waals surface area contributed by atoms with Gasteiger partial charge in [-0.3, -0.25) is 9.59 Å². The molecule has 0 spiro atoms. The van der Waals surface area contributed by atoms with Crippen LogP contribution < -0.4 is 11.5 Å². The molecule has 1 saturated carbocycles. The van der Waals surface area contributed by atoms with Crippen molar-refractivity contribution in [3.63, 3.8) is 0 Å². The van der Waals surface area contributed by atoms with Crippen molar-refractivity contribution < 1.29 is 19.1 Å². The molecule has 0 aliphatic heterocycles. The number of carbonyl (C=O) groups excluding carboxylic acids is 2. The van der Waals surface area contributed by atoms with E-state index in [1.807, 2.05) is 6.92 Å². The van der Waals surface area contributed by atoms with Gasteiger partial charge in [0.1, 0.15) is 12.7 Å². The second kappa shape index (κ2) is 16.2. The number of nitrogens with two attached hydrogens (primary N) is 2. The zero-order valence-electron chi connectivity index (χ0n) is 18.3. The predicted octanol–water partition coefficient (Wildman–Crippen LogP) is 4.01. The van der Waals surface area contributed by atoms with Gasteiger partial charge in [-0.05, 0) is 56.0 Å². The van der Waals surface area contributed by atoms with Gasteiger partial charge in [-0.25, -0.2) is 0 Å². The molecule has 1 aliphatic carbocycles. The highest BCUT2D eigenvalue weighted by molar-refractivity contribution is 5.85. The summed E-state index contributed by atoms with van der Waals surface area (Å²) in [5.74, 6) is 0.119. The van der Waals surface area contributed by atoms with Gasteiger partial charge in [0.15, 0.2) is 0 Å². The quantitative estimate of drug-likeness (QED) is 0.429. The molecule has 0 heterocycles. The minimum Gasteiger partial charge on any atom is -0.462 e. The molecule has 4 N–H and O–H groups in total. The Kier molecular flexibility index (Phi) is 17.1. The summed E-state index contributed by atoms with van der Waals surface area (Å²) < 4.78 is 10.9. The zero-order chi connectivity index (χ0) is 20.3. The van der Waals surface area contributed by atoms with Gasteiger partial charge in [0.25, 0.3) is 0 Å². The molecule has 0 radical (unpaired) electrons. The van der Waals surface area contributed by atoms with Gasteiger partial charge in [0.2, 0.25) is 0 Å². The molecular weight excluding hydrogens is 415 g/mol. The fourth-order valence-corrected chi connectivity index (χ4v) is 3.93. The van der Waals surface area contributed by atoms with E-state index in [0.717, 1.165) is 32.1 Å². The van der Waals surface area contributed by atoms with Crippen LogP contribution in [0.2, 0.25) is 0 Å². The fourth-order valence-electron chi connectivity index (χ4n) is 3.93. The molecule has 0 aromatic rings. The third-order valence-corrected chi connectivity index (χ3v) is 5.64. The van der Waals surface area contributed by atoms with E-state index in [9.17, 15) is 9.59 Å². The molecule has 0 amide bonds. The monoisotopic (exact) mass is 456 g/mol. The van der Waals surface area contributed by atoms with Crippen LogP contribution >= 0.6 is 24.8 Å². The average Bonchev–Trinajstić information content (AvgIpc) is 2.64. The summed E-state index contributed by atoms with van der Waals surface area (Å²) in [6.45, 7) is 7.25. The average molecular weight is 457 g/mol. The lowest BCUT2D eigenvalue weighted by atomic mass is 9.72. The van der Waals surface area contributed by atoms with E-state index in [-0.39, 0.29) is 54.7 Å². The molecule has 0 saturated heterocycles. The Bertz CT molecular complexity index is 458. The maximum Gasteiger partial charge on any atom is 0.306 e. The van der Waals surface area contributed by atoms with Crippen LogP contribution in [-0.4, -0.2) is 37.7 Å². The van der Waals surface area contributed by atoms with Crippen LogP contribution in [0.25, 0.3) is 0 Å². The molecule has 0 aromatic heterocycles. The van der Waals surface area contributed by atoms with E-state index >= 15 is 0 Å². The van der Waals surface area contributed by atoms with Crippen molar-refractivity contribution in [1.29, 1.82) is 0 Å². The largest absolute Gasteiger partial charge is 0.462 e. The van der Waals surface area contributed by atoms with Crippen molar-refractivity contribution in [1.82, 2.24) is 0 Å². The van der Waals surface area contributed by atoms with E-state index in [2.05, 4.69) is 13.8 Å². The zero-order valence-corrected chi connectivity index (χ0v) is 20.0. The number of hydrogen-bond donors (Lipinski definition) is 2. The first-order valence-corrected chi connectivity index (χ1v) is 10.6. The molecule has 8 heteroatoms. The summed E-state index contributed by atoms with van der Waals surface area (Å²) in [7, 11) is 0. The van der Waals surface area contributed by atoms with Crippen molar-refractivity contribution >= 4 is 36.8 Å². The van der Waals surface area contributed by atoms with Gasteiger partial charge >= 0.3 is 11.9 Å². The Morgan fingerprint density at radius 3 is 2.14 bits per heavy atom. The van der Waals surface area contributed by atoms with Crippen LogP contribution in [0, 0.1) is 17.3 Å². The highest BCUT2D eigenvalue weighted by atomic mass is 35.5. The lowest BCUT2D eigenvalue weighted by Gasteiger charge is -2.35. The van der Waals surface area contributed by atoms with E-state index < -0.39 is 6.10 Å². The summed E-state index contributed by atoms with van der Waals surface area (Å²) >= 11 is 0. The Labute approximate surface area is 189 Å². The molecule has 1 rings (SSSR count). The van der Waals surface area contributed by atoms with Crippen molar-refractivity contribution in [2.75, 3.05) is 19.7 Å². The van der Waals surface area contributed by atoms with Crippen LogP contribution in [0.4, 0.5) is 0 Å². The second-order valence-electron chi connectivity index (χ2n) is 8.58. The van der Waals surface area contributed by atoms with Gasteiger partial charge in [0.05, 0.1) is 6.42 Å². The third-order valence-electron chi connectivity index (χ3n) is 5.64. The Morgan fingerprint density at radius 2 is 1.66 bits per heavy atom.